The first kappa shape index (κ1) is 14.0. The highest BCUT2D eigenvalue weighted by Crippen LogP contribution is 2.22. The smallest absolute Gasteiger partial charge is 0.251 e. The van der Waals surface area contributed by atoms with Crippen LogP contribution in [0, 0.1) is 5.41 Å². The molecule has 2 rings (SSSR count). The van der Waals surface area contributed by atoms with Crippen molar-refractivity contribution in [3.05, 3.63) is 34.9 Å². The summed E-state index contributed by atoms with van der Waals surface area (Å²) in [5.41, 5.74) is 8.64. The average Bonchev–Trinajstić information content (AvgIpc) is 2.81. The molecular weight excluding hydrogens is 240 g/mol. The summed E-state index contributed by atoms with van der Waals surface area (Å²) >= 11 is 0. The van der Waals surface area contributed by atoms with Crippen LogP contribution in [0.2, 0.25) is 0 Å². The minimum absolute atomic E-state index is 0.0375. The van der Waals surface area contributed by atoms with E-state index in [1.165, 1.54) is 5.56 Å². The topological polar surface area (TPSA) is 64.3 Å². The summed E-state index contributed by atoms with van der Waals surface area (Å²) in [6, 6.07) is 5.68. The fourth-order valence-corrected chi connectivity index (χ4v) is 2.18. The van der Waals surface area contributed by atoms with Crippen LogP contribution in [0.1, 0.15) is 42.3 Å². The molecule has 0 saturated carbocycles. The van der Waals surface area contributed by atoms with Gasteiger partial charge in [-0.2, -0.15) is 0 Å². The van der Waals surface area contributed by atoms with Crippen molar-refractivity contribution in [1.29, 1.82) is 0 Å². The first-order valence-electron chi connectivity index (χ1n) is 6.62. The van der Waals surface area contributed by atoms with Crippen molar-refractivity contribution >= 4 is 5.91 Å². The Bertz CT molecular complexity index is 478. The fraction of sp³-hybridized carbons (Fsp3) is 0.533. The van der Waals surface area contributed by atoms with E-state index in [0.29, 0.717) is 25.3 Å². The zero-order valence-corrected chi connectivity index (χ0v) is 11.8. The Kier molecular flexibility index (Phi) is 3.92. The summed E-state index contributed by atoms with van der Waals surface area (Å²) in [6.07, 6.45) is 0. The van der Waals surface area contributed by atoms with Crippen molar-refractivity contribution < 1.29 is 9.53 Å². The number of benzene rings is 1. The number of nitrogens with one attached hydrogen (secondary N) is 1. The van der Waals surface area contributed by atoms with E-state index in [1.54, 1.807) is 0 Å². The summed E-state index contributed by atoms with van der Waals surface area (Å²) in [4.78, 5) is 12.3. The van der Waals surface area contributed by atoms with Crippen molar-refractivity contribution in [2.45, 2.75) is 40.0 Å². The Morgan fingerprint density at radius 1 is 1.37 bits per heavy atom. The van der Waals surface area contributed by atoms with Gasteiger partial charge in [-0.05, 0) is 28.7 Å². The monoisotopic (exact) mass is 262 g/mol. The molecule has 4 heteroatoms. The number of hydrogen-bond acceptors (Lipinski definition) is 3. The summed E-state index contributed by atoms with van der Waals surface area (Å²) in [7, 11) is 0. The van der Waals surface area contributed by atoms with Gasteiger partial charge in [0, 0.05) is 18.2 Å². The second kappa shape index (κ2) is 5.31. The van der Waals surface area contributed by atoms with Crippen molar-refractivity contribution in [1.82, 2.24) is 5.32 Å². The molecule has 0 fully saturated rings. The van der Waals surface area contributed by atoms with Gasteiger partial charge in [0.1, 0.15) is 0 Å². The standard InChI is InChI=1S/C15H22N2O2/c1-15(2,3)13(7-16)17-14(18)10-4-5-11-8-19-9-12(11)6-10/h4-6,13H,7-9,16H2,1-3H3,(H,17,18). The molecule has 4 nitrogen and oxygen atoms in total. The number of fused-ring (bicyclic) bond motifs is 1. The maximum atomic E-state index is 12.3. The van der Waals surface area contributed by atoms with Crippen molar-refractivity contribution in [3.63, 3.8) is 0 Å². The summed E-state index contributed by atoms with van der Waals surface area (Å²) in [6.45, 7) is 7.88. The number of ether oxygens (including phenoxy) is 1. The molecule has 1 unspecified atom stereocenters. The van der Waals surface area contributed by atoms with Crippen LogP contribution < -0.4 is 11.1 Å². The largest absolute Gasteiger partial charge is 0.372 e. The maximum absolute atomic E-state index is 12.3. The highest BCUT2D eigenvalue weighted by molar-refractivity contribution is 5.94. The first-order chi connectivity index (χ1) is 8.91. The van der Waals surface area contributed by atoms with Crippen LogP contribution in [0.25, 0.3) is 0 Å². The molecule has 0 aromatic heterocycles. The molecule has 1 aromatic carbocycles. The molecule has 1 aliphatic rings. The number of rotatable bonds is 3. The minimum atomic E-state index is -0.0694. The molecule has 1 amide bonds. The molecular formula is C15H22N2O2. The van der Waals surface area contributed by atoms with Crippen molar-refractivity contribution in [3.8, 4) is 0 Å². The van der Waals surface area contributed by atoms with Crippen molar-refractivity contribution in [2.75, 3.05) is 6.54 Å². The van der Waals surface area contributed by atoms with Gasteiger partial charge in [-0.25, -0.2) is 0 Å². The van der Waals surface area contributed by atoms with Crippen LogP contribution >= 0.6 is 0 Å². The Balaban J connectivity index is 2.12. The van der Waals surface area contributed by atoms with Crippen LogP contribution in [-0.2, 0) is 18.0 Å². The van der Waals surface area contributed by atoms with E-state index in [4.69, 9.17) is 10.5 Å². The molecule has 1 heterocycles. The van der Waals surface area contributed by atoms with E-state index < -0.39 is 0 Å². The Morgan fingerprint density at radius 2 is 2.05 bits per heavy atom. The van der Waals surface area contributed by atoms with E-state index in [-0.39, 0.29) is 17.4 Å². The van der Waals surface area contributed by atoms with Gasteiger partial charge in [-0.1, -0.05) is 26.8 Å². The minimum Gasteiger partial charge on any atom is -0.372 e. The number of carbonyl (C=O) groups is 1. The van der Waals surface area contributed by atoms with Crippen LogP contribution in [0.3, 0.4) is 0 Å². The zero-order chi connectivity index (χ0) is 14.0. The number of hydrogen-bond donors (Lipinski definition) is 2. The molecule has 104 valence electrons. The van der Waals surface area contributed by atoms with Crippen LogP contribution in [0.15, 0.2) is 18.2 Å². The Morgan fingerprint density at radius 3 is 2.68 bits per heavy atom. The molecule has 0 aliphatic carbocycles. The van der Waals surface area contributed by atoms with Crippen LogP contribution in [-0.4, -0.2) is 18.5 Å². The van der Waals surface area contributed by atoms with E-state index in [1.807, 2.05) is 18.2 Å². The van der Waals surface area contributed by atoms with E-state index >= 15 is 0 Å². The molecule has 0 radical (unpaired) electrons. The lowest BCUT2D eigenvalue weighted by Crippen LogP contribution is -2.48. The average molecular weight is 262 g/mol. The lowest BCUT2D eigenvalue weighted by Gasteiger charge is -2.30. The van der Waals surface area contributed by atoms with Gasteiger partial charge in [-0.3, -0.25) is 4.79 Å². The third kappa shape index (κ3) is 3.14. The molecule has 1 aromatic rings. The third-order valence-electron chi connectivity index (χ3n) is 3.57. The molecule has 3 N–H and O–H groups in total. The van der Waals surface area contributed by atoms with Crippen LogP contribution in [0.5, 0.6) is 0 Å². The summed E-state index contributed by atoms with van der Waals surface area (Å²) in [5.74, 6) is -0.0694. The van der Waals surface area contributed by atoms with Gasteiger partial charge in [0.2, 0.25) is 0 Å². The van der Waals surface area contributed by atoms with Gasteiger partial charge < -0.3 is 15.8 Å². The maximum Gasteiger partial charge on any atom is 0.251 e. The normalized spacial score (nSPS) is 16.0. The second-order valence-corrected chi connectivity index (χ2v) is 6.10. The number of carbonyl (C=O) groups excluding carboxylic acids is 1. The van der Waals surface area contributed by atoms with Gasteiger partial charge in [-0.15, -0.1) is 0 Å². The van der Waals surface area contributed by atoms with Crippen LogP contribution in [0.4, 0.5) is 0 Å². The fourth-order valence-electron chi connectivity index (χ4n) is 2.18. The lowest BCUT2D eigenvalue weighted by atomic mass is 9.86. The van der Waals surface area contributed by atoms with E-state index in [2.05, 4.69) is 26.1 Å². The number of nitrogens with two attached hydrogens (primary N) is 1. The molecule has 1 atom stereocenters. The van der Waals surface area contributed by atoms with Gasteiger partial charge in [0.05, 0.1) is 13.2 Å². The van der Waals surface area contributed by atoms with E-state index in [0.717, 1.165) is 5.56 Å². The lowest BCUT2D eigenvalue weighted by molar-refractivity contribution is 0.0905. The SMILES string of the molecule is CC(C)(C)C(CN)NC(=O)c1ccc2c(c1)COC2. The molecule has 19 heavy (non-hydrogen) atoms. The van der Waals surface area contributed by atoms with Gasteiger partial charge in [0.25, 0.3) is 5.91 Å². The molecule has 0 saturated heterocycles. The Hall–Kier alpha value is -1.39. The summed E-state index contributed by atoms with van der Waals surface area (Å²) in [5, 5.41) is 3.01. The quantitative estimate of drug-likeness (QED) is 0.873. The number of amides is 1. The molecule has 0 bridgehead atoms. The predicted molar refractivity (Wildman–Crippen MR) is 74.7 cm³/mol. The first-order valence-corrected chi connectivity index (χ1v) is 6.62. The summed E-state index contributed by atoms with van der Waals surface area (Å²) < 4.78 is 5.35. The Labute approximate surface area is 114 Å². The molecule has 1 aliphatic heterocycles. The predicted octanol–water partition coefficient (Wildman–Crippen LogP) is 1.82. The second-order valence-electron chi connectivity index (χ2n) is 6.10. The van der Waals surface area contributed by atoms with E-state index in [9.17, 15) is 4.79 Å². The highest BCUT2D eigenvalue weighted by Gasteiger charge is 2.25. The highest BCUT2D eigenvalue weighted by atomic mass is 16.5. The van der Waals surface area contributed by atoms with Gasteiger partial charge in [0.15, 0.2) is 0 Å². The van der Waals surface area contributed by atoms with Crippen molar-refractivity contribution in [2.24, 2.45) is 11.1 Å². The third-order valence-corrected chi connectivity index (χ3v) is 3.57. The van der Waals surface area contributed by atoms with Gasteiger partial charge >= 0.3 is 0 Å². The molecule has 0 spiro atoms. The zero-order valence-electron chi connectivity index (χ0n) is 11.8.